The fourth-order valence-corrected chi connectivity index (χ4v) is 2.36. The van der Waals surface area contributed by atoms with Crippen molar-refractivity contribution in [1.29, 1.82) is 0 Å². The van der Waals surface area contributed by atoms with E-state index >= 15 is 0 Å². The third kappa shape index (κ3) is 2.62. The second-order valence-electron chi connectivity index (χ2n) is 4.54. The summed E-state index contributed by atoms with van der Waals surface area (Å²) in [5.41, 5.74) is 9.84. The molecular weight excluding hydrogens is 258 g/mol. The fourth-order valence-electron chi connectivity index (χ4n) is 2.14. The summed E-state index contributed by atoms with van der Waals surface area (Å²) < 4.78 is 2.01. The molecule has 1 aromatic carbocycles. The van der Waals surface area contributed by atoms with Crippen molar-refractivity contribution in [3.63, 3.8) is 0 Å². The molecule has 0 aliphatic rings. The summed E-state index contributed by atoms with van der Waals surface area (Å²) in [6, 6.07) is 11.9. The molecule has 4 heteroatoms. The summed E-state index contributed by atoms with van der Waals surface area (Å²) in [7, 11) is 0. The Morgan fingerprint density at radius 2 is 2.05 bits per heavy atom. The lowest BCUT2D eigenvalue weighted by atomic mass is 10.1. The molecule has 0 radical (unpaired) electrons. The van der Waals surface area contributed by atoms with Gasteiger partial charge in [-0.3, -0.25) is 0 Å². The van der Waals surface area contributed by atoms with Gasteiger partial charge in [0.25, 0.3) is 0 Å². The highest BCUT2D eigenvalue weighted by Crippen LogP contribution is 2.15. The highest BCUT2D eigenvalue weighted by Gasteiger charge is 2.04. The lowest BCUT2D eigenvalue weighted by Gasteiger charge is -1.97. The fraction of sp³-hybridized carbons (Fsp3) is 0.133. The van der Waals surface area contributed by atoms with Crippen molar-refractivity contribution in [2.75, 3.05) is 0 Å². The molecule has 19 heavy (non-hydrogen) atoms. The molecular formula is C15H14ClN3. The summed E-state index contributed by atoms with van der Waals surface area (Å²) in [5, 5.41) is 0.756. The maximum Gasteiger partial charge on any atom is 0.137 e. The quantitative estimate of drug-likeness (QED) is 0.796. The van der Waals surface area contributed by atoms with Crippen LogP contribution in [0, 0.1) is 0 Å². The van der Waals surface area contributed by atoms with E-state index in [-0.39, 0.29) is 0 Å². The molecule has 0 aliphatic heterocycles. The van der Waals surface area contributed by atoms with E-state index in [1.54, 1.807) is 0 Å². The minimum atomic E-state index is 0.535. The lowest BCUT2D eigenvalue weighted by molar-refractivity contribution is 1.05. The van der Waals surface area contributed by atoms with Crippen LogP contribution >= 0.6 is 11.6 Å². The largest absolute Gasteiger partial charge is 0.326 e. The SMILES string of the molecule is NCc1ccn2cc(Cc3cccc(Cl)c3)nc2c1. The average Bonchev–Trinajstić information content (AvgIpc) is 2.79. The number of hydrogen-bond donors (Lipinski definition) is 1. The van der Waals surface area contributed by atoms with E-state index in [9.17, 15) is 0 Å². The Morgan fingerprint density at radius 3 is 2.84 bits per heavy atom. The molecule has 2 aromatic heterocycles. The van der Waals surface area contributed by atoms with Crippen LogP contribution in [0.15, 0.2) is 48.8 Å². The third-order valence-electron chi connectivity index (χ3n) is 3.08. The topological polar surface area (TPSA) is 43.3 Å². The number of fused-ring (bicyclic) bond motifs is 1. The van der Waals surface area contributed by atoms with E-state index in [0.717, 1.165) is 33.9 Å². The van der Waals surface area contributed by atoms with Gasteiger partial charge in [0.1, 0.15) is 5.65 Å². The van der Waals surface area contributed by atoms with Gasteiger partial charge in [-0.05, 0) is 35.4 Å². The van der Waals surface area contributed by atoms with Crippen molar-refractivity contribution in [1.82, 2.24) is 9.38 Å². The molecule has 2 heterocycles. The van der Waals surface area contributed by atoms with Crippen molar-refractivity contribution in [3.8, 4) is 0 Å². The van der Waals surface area contributed by atoms with Crippen molar-refractivity contribution in [2.45, 2.75) is 13.0 Å². The summed E-state index contributed by atoms with van der Waals surface area (Å²) in [4.78, 5) is 4.61. The van der Waals surface area contributed by atoms with Gasteiger partial charge in [-0.25, -0.2) is 4.98 Å². The van der Waals surface area contributed by atoms with Crippen LogP contribution in [0.2, 0.25) is 5.02 Å². The van der Waals surface area contributed by atoms with Crippen LogP contribution in [0.25, 0.3) is 5.65 Å². The van der Waals surface area contributed by atoms with E-state index in [1.807, 2.05) is 47.1 Å². The Bertz CT molecular complexity index is 718. The first kappa shape index (κ1) is 12.2. The molecule has 0 fully saturated rings. The number of rotatable bonds is 3. The highest BCUT2D eigenvalue weighted by molar-refractivity contribution is 6.30. The minimum Gasteiger partial charge on any atom is -0.326 e. The number of hydrogen-bond acceptors (Lipinski definition) is 2. The molecule has 0 atom stereocenters. The van der Waals surface area contributed by atoms with E-state index < -0.39 is 0 Å². The number of halogens is 1. The first-order valence-electron chi connectivity index (χ1n) is 6.15. The Labute approximate surface area is 116 Å². The van der Waals surface area contributed by atoms with Crippen LogP contribution in [0.4, 0.5) is 0 Å². The number of nitrogens with zero attached hydrogens (tertiary/aromatic N) is 2. The Morgan fingerprint density at radius 1 is 1.16 bits per heavy atom. The minimum absolute atomic E-state index is 0.535. The number of aromatic nitrogens is 2. The van der Waals surface area contributed by atoms with E-state index in [4.69, 9.17) is 17.3 Å². The van der Waals surface area contributed by atoms with E-state index in [2.05, 4.69) is 11.1 Å². The lowest BCUT2D eigenvalue weighted by Crippen LogP contribution is -1.96. The van der Waals surface area contributed by atoms with Gasteiger partial charge in [0.15, 0.2) is 0 Å². The molecule has 0 saturated heterocycles. The Kier molecular flexibility index (Phi) is 3.23. The summed E-state index contributed by atoms with van der Waals surface area (Å²) in [6.45, 7) is 0.535. The molecule has 3 aromatic rings. The van der Waals surface area contributed by atoms with Crippen LogP contribution in [0.1, 0.15) is 16.8 Å². The molecule has 3 rings (SSSR count). The molecule has 3 nitrogen and oxygen atoms in total. The first-order valence-corrected chi connectivity index (χ1v) is 6.53. The maximum atomic E-state index is 5.99. The maximum absolute atomic E-state index is 5.99. The summed E-state index contributed by atoms with van der Waals surface area (Å²) in [5.74, 6) is 0. The normalized spacial score (nSPS) is 11.1. The standard InChI is InChI=1S/C15H14ClN3/c16-13-3-1-2-11(6-13)7-14-10-19-5-4-12(9-17)8-15(19)18-14/h1-6,8,10H,7,9,17H2. The molecule has 0 amide bonds. The molecule has 2 N–H and O–H groups in total. The Hall–Kier alpha value is -1.84. The molecule has 0 bridgehead atoms. The van der Waals surface area contributed by atoms with Gasteiger partial charge in [-0.15, -0.1) is 0 Å². The first-order chi connectivity index (χ1) is 9.24. The van der Waals surface area contributed by atoms with Crippen molar-refractivity contribution in [3.05, 3.63) is 70.6 Å². The average molecular weight is 272 g/mol. The van der Waals surface area contributed by atoms with Crippen LogP contribution in [-0.4, -0.2) is 9.38 Å². The summed E-state index contributed by atoms with van der Waals surface area (Å²) >= 11 is 5.99. The van der Waals surface area contributed by atoms with Gasteiger partial charge in [0.05, 0.1) is 5.69 Å². The van der Waals surface area contributed by atoms with Crippen LogP contribution in [0.3, 0.4) is 0 Å². The second-order valence-corrected chi connectivity index (χ2v) is 4.98. The third-order valence-corrected chi connectivity index (χ3v) is 3.32. The predicted molar refractivity (Wildman–Crippen MR) is 77.3 cm³/mol. The van der Waals surface area contributed by atoms with Crippen LogP contribution in [0.5, 0.6) is 0 Å². The van der Waals surface area contributed by atoms with Crippen LogP contribution in [-0.2, 0) is 13.0 Å². The zero-order valence-electron chi connectivity index (χ0n) is 10.4. The number of benzene rings is 1. The van der Waals surface area contributed by atoms with Gasteiger partial charge in [-0.1, -0.05) is 23.7 Å². The van der Waals surface area contributed by atoms with Crippen molar-refractivity contribution in [2.24, 2.45) is 5.73 Å². The molecule has 0 aliphatic carbocycles. The zero-order chi connectivity index (χ0) is 13.2. The highest BCUT2D eigenvalue weighted by atomic mass is 35.5. The van der Waals surface area contributed by atoms with Crippen molar-refractivity contribution >= 4 is 17.2 Å². The predicted octanol–water partition coefficient (Wildman–Crippen LogP) is 3.04. The van der Waals surface area contributed by atoms with Crippen LogP contribution < -0.4 is 5.73 Å². The van der Waals surface area contributed by atoms with Gasteiger partial charge in [-0.2, -0.15) is 0 Å². The van der Waals surface area contributed by atoms with Gasteiger partial charge >= 0.3 is 0 Å². The monoisotopic (exact) mass is 271 g/mol. The second kappa shape index (κ2) is 5.03. The van der Waals surface area contributed by atoms with E-state index in [1.165, 1.54) is 0 Å². The number of pyridine rings is 1. The molecule has 0 saturated carbocycles. The number of imidazole rings is 1. The molecule has 96 valence electrons. The molecule has 0 spiro atoms. The Balaban J connectivity index is 1.93. The number of nitrogens with two attached hydrogens (primary N) is 1. The van der Waals surface area contributed by atoms with Crippen molar-refractivity contribution < 1.29 is 0 Å². The molecule has 0 unspecified atom stereocenters. The van der Waals surface area contributed by atoms with Gasteiger partial charge < -0.3 is 10.1 Å². The van der Waals surface area contributed by atoms with Gasteiger partial charge in [0.2, 0.25) is 0 Å². The summed E-state index contributed by atoms with van der Waals surface area (Å²) in [6.07, 6.45) is 4.81. The van der Waals surface area contributed by atoms with E-state index in [0.29, 0.717) is 6.54 Å². The zero-order valence-corrected chi connectivity index (χ0v) is 11.1. The van der Waals surface area contributed by atoms with Gasteiger partial charge in [0, 0.05) is 30.4 Å². The smallest absolute Gasteiger partial charge is 0.137 e.